The number of benzene rings is 1. The zero-order valence-corrected chi connectivity index (χ0v) is 9.19. The van der Waals surface area contributed by atoms with Crippen LogP contribution in [-0.2, 0) is 0 Å². The summed E-state index contributed by atoms with van der Waals surface area (Å²) in [5.41, 5.74) is 2.16. The minimum atomic E-state index is -0.0966. The Morgan fingerprint density at radius 3 is 2.62 bits per heavy atom. The summed E-state index contributed by atoms with van der Waals surface area (Å²) in [7, 11) is 0. The number of hydrogen-bond acceptors (Lipinski definition) is 2. The molecule has 0 bridgehead atoms. The lowest BCUT2D eigenvalue weighted by atomic mass is 9.87. The molecule has 1 heterocycles. The van der Waals surface area contributed by atoms with Crippen LogP contribution in [0.15, 0.2) is 24.3 Å². The van der Waals surface area contributed by atoms with Gasteiger partial charge in [0.1, 0.15) is 5.82 Å². The van der Waals surface area contributed by atoms with Crippen molar-refractivity contribution in [3.63, 3.8) is 0 Å². The average Bonchev–Trinajstić information content (AvgIpc) is 2.73. The number of imidazole rings is 1. The smallest absolute Gasteiger partial charge is 0.110 e. The van der Waals surface area contributed by atoms with E-state index in [1.807, 2.05) is 18.2 Å². The summed E-state index contributed by atoms with van der Waals surface area (Å²) < 4.78 is 0. The van der Waals surface area contributed by atoms with Gasteiger partial charge in [-0.1, -0.05) is 12.1 Å². The van der Waals surface area contributed by atoms with E-state index in [2.05, 4.69) is 16.0 Å². The summed E-state index contributed by atoms with van der Waals surface area (Å²) in [6.07, 6.45) is 3.80. The Labute approximate surface area is 94.5 Å². The van der Waals surface area contributed by atoms with Crippen LogP contribution < -0.4 is 0 Å². The second-order valence-electron chi connectivity index (χ2n) is 4.64. The van der Waals surface area contributed by atoms with Crippen LogP contribution in [0.25, 0.3) is 11.0 Å². The normalized spacial score (nSPS) is 26.1. The number of aromatic nitrogens is 2. The fraction of sp³-hybridized carbons (Fsp3) is 0.462. The number of nitrogens with one attached hydrogen (secondary N) is 1. The second-order valence-corrected chi connectivity index (χ2v) is 4.64. The van der Waals surface area contributed by atoms with Gasteiger partial charge >= 0.3 is 0 Å². The van der Waals surface area contributed by atoms with Crippen LogP contribution >= 0.6 is 0 Å². The largest absolute Gasteiger partial charge is 0.393 e. The molecule has 0 atom stereocenters. The monoisotopic (exact) mass is 216 g/mol. The lowest BCUT2D eigenvalue weighted by Crippen LogP contribution is -2.17. The molecule has 3 heteroatoms. The van der Waals surface area contributed by atoms with E-state index < -0.39 is 0 Å². The van der Waals surface area contributed by atoms with E-state index in [4.69, 9.17) is 0 Å². The van der Waals surface area contributed by atoms with Crippen LogP contribution in [0.4, 0.5) is 0 Å². The van der Waals surface area contributed by atoms with E-state index in [0.29, 0.717) is 5.92 Å². The number of H-pyrrole nitrogens is 1. The molecule has 1 aromatic carbocycles. The molecule has 1 aliphatic carbocycles. The van der Waals surface area contributed by atoms with Gasteiger partial charge in [-0.2, -0.15) is 0 Å². The summed E-state index contributed by atoms with van der Waals surface area (Å²) >= 11 is 0. The molecule has 1 aliphatic rings. The molecule has 1 saturated carbocycles. The molecular weight excluding hydrogens is 200 g/mol. The third-order valence-electron chi connectivity index (χ3n) is 3.49. The maximum atomic E-state index is 9.48. The molecule has 16 heavy (non-hydrogen) atoms. The minimum absolute atomic E-state index is 0.0966. The van der Waals surface area contributed by atoms with Crippen molar-refractivity contribution in [2.24, 2.45) is 0 Å². The Balaban J connectivity index is 1.88. The molecule has 1 fully saturated rings. The number of aliphatic hydroxyl groups excluding tert-OH is 1. The average molecular weight is 216 g/mol. The van der Waals surface area contributed by atoms with Gasteiger partial charge in [0.25, 0.3) is 0 Å². The fourth-order valence-electron chi connectivity index (χ4n) is 2.52. The summed E-state index contributed by atoms with van der Waals surface area (Å²) in [6, 6.07) is 8.13. The Morgan fingerprint density at radius 2 is 1.88 bits per heavy atom. The highest BCUT2D eigenvalue weighted by molar-refractivity contribution is 5.74. The van der Waals surface area contributed by atoms with Crippen molar-refractivity contribution < 1.29 is 5.11 Å². The van der Waals surface area contributed by atoms with Gasteiger partial charge in [0, 0.05) is 5.92 Å². The third-order valence-corrected chi connectivity index (χ3v) is 3.49. The lowest BCUT2D eigenvalue weighted by Gasteiger charge is -2.23. The summed E-state index contributed by atoms with van der Waals surface area (Å²) in [4.78, 5) is 8.01. The zero-order chi connectivity index (χ0) is 11.0. The number of para-hydroxylation sites is 2. The maximum absolute atomic E-state index is 9.48. The Kier molecular flexibility index (Phi) is 2.40. The molecule has 0 spiro atoms. The van der Waals surface area contributed by atoms with Crippen LogP contribution in [0.1, 0.15) is 37.4 Å². The molecule has 0 saturated heterocycles. The Morgan fingerprint density at radius 1 is 1.12 bits per heavy atom. The molecule has 0 radical (unpaired) electrons. The van der Waals surface area contributed by atoms with Gasteiger partial charge in [-0.25, -0.2) is 4.98 Å². The highest BCUT2D eigenvalue weighted by Crippen LogP contribution is 2.32. The number of aliphatic hydroxyl groups is 1. The SMILES string of the molecule is OC1CCC(c2nc3ccccc3[nH]2)CC1. The topological polar surface area (TPSA) is 48.9 Å². The molecule has 3 nitrogen and oxygen atoms in total. The van der Waals surface area contributed by atoms with Crippen LogP contribution in [0.5, 0.6) is 0 Å². The first kappa shape index (κ1) is 9.85. The van der Waals surface area contributed by atoms with Crippen molar-refractivity contribution in [2.75, 3.05) is 0 Å². The van der Waals surface area contributed by atoms with Crippen molar-refractivity contribution in [3.8, 4) is 0 Å². The van der Waals surface area contributed by atoms with Gasteiger partial charge in [0.15, 0.2) is 0 Å². The maximum Gasteiger partial charge on any atom is 0.110 e. The van der Waals surface area contributed by atoms with E-state index in [1.165, 1.54) is 0 Å². The Hall–Kier alpha value is -1.35. The molecule has 0 unspecified atom stereocenters. The van der Waals surface area contributed by atoms with Crippen molar-refractivity contribution in [2.45, 2.75) is 37.7 Å². The predicted molar refractivity (Wildman–Crippen MR) is 63.3 cm³/mol. The first-order valence-corrected chi connectivity index (χ1v) is 5.95. The van der Waals surface area contributed by atoms with Crippen molar-refractivity contribution >= 4 is 11.0 Å². The summed E-state index contributed by atoms with van der Waals surface area (Å²) in [5, 5.41) is 9.48. The molecule has 84 valence electrons. The number of fused-ring (bicyclic) bond motifs is 1. The first-order valence-electron chi connectivity index (χ1n) is 5.95. The van der Waals surface area contributed by atoms with Gasteiger partial charge < -0.3 is 10.1 Å². The lowest BCUT2D eigenvalue weighted by molar-refractivity contribution is 0.121. The highest BCUT2D eigenvalue weighted by Gasteiger charge is 2.22. The standard InChI is InChI=1S/C13H16N2O/c16-10-7-5-9(6-8-10)13-14-11-3-1-2-4-12(11)15-13/h1-4,9-10,16H,5-8H2,(H,14,15). The van der Waals surface area contributed by atoms with Gasteiger partial charge in [-0.05, 0) is 37.8 Å². The molecular formula is C13H16N2O. The van der Waals surface area contributed by atoms with E-state index >= 15 is 0 Å². The van der Waals surface area contributed by atoms with Gasteiger partial charge in [0.2, 0.25) is 0 Å². The zero-order valence-electron chi connectivity index (χ0n) is 9.19. The predicted octanol–water partition coefficient (Wildman–Crippen LogP) is 2.58. The summed E-state index contributed by atoms with van der Waals surface area (Å²) in [5.74, 6) is 1.59. The van der Waals surface area contributed by atoms with Crippen LogP contribution in [0.2, 0.25) is 0 Å². The highest BCUT2D eigenvalue weighted by atomic mass is 16.3. The van der Waals surface area contributed by atoms with Crippen LogP contribution in [0.3, 0.4) is 0 Å². The number of rotatable bonds is 1. The fourth-order valence-corrected chi connectivity index (χ4v) is 2.52. The molecule has 2 N–H and O–H groups in total. The van der Waals surface area contributed by atoms with E-state index in [9.17, 15) is 5.11 Å². The van der Waals surface area contributed by atoms with Crippen molar-refractivity contribution in [3.05, 3.63) is 30.1 Å². The van der Waals surface area contributed by atoms with E-state index in [-0.39, 0.29) is 6.10 Å². The molecule has 1 aromatic heterocycles. The number of aromatic amines is 1. The molecule has 0 aliphatic heterocycles. The van der Waals surface area contributed by atoms with Gasteiger partial charge in [0.05, 0.1) is 17.1 Å². The van der Waals surface area contributed by atoms with E-state index in [1.54, 1.807) is 0 Å². The quantitative estimate of drug-likeness (QED) is 0.769. The Bertz CT molecular complexity index is 450. The second kappa shape index (κ2) is 3.91. The van der Waals surface area contributed by atoms with Crippen molar-refractivity contribution in [1.29, 1.82) is 0 Å². The number of nitrogens with zero attached hydrogens (tertiary/aromatic N) is 1. The van der Waals surface area contributed by atoms with Gasteiger partial charge in [-0.15, -0.1) is 0 Å². The molecule has 0 amide bonds. The van der Waals surface area contributed by atoms with E-state index in [0.717, 1.165) is 42.5 Å². The third kappa shape index (κ3) is 1.71. The van der Waals surface area contributed by atoms with Gasteiger partial charge in [-0.3, -0.25) is 0 Å². The number of hydrogen-bond donors (Lipinski definition) is 2. The van der Waals surface area contributed by atoms with Crippen LogP contribution in [0, 0.1) is 0 Å². The first-order chi connectivity index (χ1) is 7.83. The van der Waals surface area contributed by atoms with Crippen LogP contribution in [-0.4, -0.2) is 21.2 Å². The molecule has 3 rings (SSSR count). The molecule has 2 aromatic rings. The van der Waals surface area contributed by atoms with Crippen molar-refractivity contribution in [1.82, 2.24) is 9.97 Å². The minimum Gasteiger partial charge on any atom is -0.393 e. The summed E-state index contributed by atoms with van der Waals surface area (Å²) in [6.45, 7) is 0.